The molecule has 1 heterocycles. The molecule has 2 N–H and O–H groups in total. The third kappa shape index (κ3) is 5.33. The minimum absolute atomic E-state index is 0.243. The van der Waals surface area contributed by atoms with E-state index in [0.717, 1.165) is 11.1 Å². The number of urea groups is 1. The van der Waals surface area contributed by atoms with Crippen LogP contribution in [0.2, 0.25) is 0 Å². The van der Waals surface area contributed by atoms with E-state index in [1.54, 1.807) is 29.2 Å². The van der Waals surface area contributed by atoms with Crippen LogP contribution in [-0.2, 0) is 12.1 Å². The van der Waals surface area contributed by atoms with Crippen LogP contribution in [0.1, 0.15) is 31.4 Å². The Bertz CT molecular complexity index is 840. The minimum Gasteiger partial charge on any atom is -0.329 e. The molecule has 1 aliphatic rings. The summed E-state index contributed by atoms with van der Waals surface area (Å²) in [6.07, 6.45) is 0.625. The van der Waals surface area contributed by atoms with Crippen molar-refractivity contribution in [1.29, 1.82) is 0 Å². The average Bonchev–Trinajstić information content (AvgIpc) is 2.73. The standard InChI is InChI=1S/C23H28F3N3O/c1-23(2,18-5-9-20(26)10-6-18)28-22(30)29(15-16-3-7-19(25)8-4-16)21-11-12-27-14-17(21)13-24/h3-10,17,21,27H,11-15H2,1-2H3,(H,28,30)/t17-,21+/m1/s1. The maximum Gasteiger partial charge on any atom is 0.318 e. The van der Waals surface area contributed by atoms with Gasteiger partial charge in [0.25, 0.3) is 0 Å². The molecule has 0 bridgehead atoms. The summed E-state index contributed by atoms with van der Waals surface area (Å²) in [7, 11) is 0. The summed E-state index contributed by atoms with van der Waals surface area (Å²) in [6.45, 7) is 4.57. The Hall–Kier alpha value is -2.54. The van der Waals surface area contributed by atoms with Gasteiger partial charge in [0.1, 0.15) is 11.6 Å². The van der Waals surface area contributed by atoms with Gasteiger partial charge in [0.15, 0.2) is 0 Å². The number of hydrogen-bond acceptors (Lipinski definition) is 2. The summed E-state index contributed by atoms with van der Waals surface area (Å²) in [5.74, 6) is -1.02. The first-order valence-electron chi connectivity index (χ1n) is 10.2. The largest absolute Gasteiger partial charge is 0.329 e. The number of carbonyl (C=O) groups is 1. The predicted octanol–water partition coefficient (Wildman–Crippen LogP) is 4.36. The number of halogens is 3. The van der Waals surface area contributed by atoms with Crippen molar-refractivity contribution in [3.05, 3.63) is 71.3 Å². The summed E-state index contributed by atoms with van der Waals surface area (Å²) in [6, 6.07) is 11.3. The summed E-state index contributed by atoms with van der Waals surface area (Å²) in [4.78, 5) is 15.0. The summed E-state index contributed by atoms with van der Waals surface area (Å²) < 4.78 is 40.3. The van der Waals surface area contributed by atoms with Gasteiger partial charge in [-0.15, -0.1) is 0 Å². The van der Waals surface area contributed by atoms with Gasteiger partial charge >= 0.3 is 6.03 Å². The second-order valence-corrected chi connectivity index (χ2v) is 8.29. The number of amides is 2. The van der Waals surface area contributed by atoms with Crippen molar-refractivity contribution in [3.8, 4) is 0 Å². The molecule has 1 saturated heterocycles. The lowest BCUT2D eigenvalue weighted by Gasteiger charge is -2.41. The number of alkyl halides is 1. The molecule has 0 aromatic heterocycles. The molecule has 0 spiro atoms. The fraction of sp³-hybridized carbons (Fsp3) is 0.435. The van der Waals surface area contributed by atoms with Crippen LogP contribution in [0.4, 0.5) is 18.0 Å². The SMILES string of the molecule is CC(C)(NC(=O)N(Cc1ccc(F)cc1)[C@H]1CCNC[C@H]1CF)c1ccc(F)cc1. The molecule has 2 aromatic rings. The first-order valence-corrected chi connectivity index (χ1v) is 10.2. The van der Waals surface area contributed by atoms with E-state index < -0.39 is 12.2 Å². The van der Waals surface area contributed by atoms with Crippen molar-refractivity contribution in [2.45, 2.75) is 38.4 Å². The van der Waals surface area contributed by atoms with Gasteiger partial charge in [0.2, 0.25) is 0 Å². The van der Waals surface area contributed by atoms with Gasteiger partial charge in [-0.2, -0.15) is 0 Å². The Kier molecular flexibility index (Phi) is 7.02. The molecule has 4 nitrogen and oxygen atoms in total. The van der Waals surface area contributed by atoms with Crippen LogP contribution in [0.5, 0.6) is 0 Å². The molecule has 0 saturated carbocycles. The van der Waals surface area contributed by atoms with Crippen molar-refractivity contribution in [2.24, 2.45) is 5.92 Å². The van der Waals surface area contributed by atoms with Crippen LogP contribution < -0.4 is 10.6 Å². The second kappa shape index (κ2) is 9.51. The molecule has 0 aliphatic carbocycles. The van der Waals surface area contributed by atoms with Crippen LogP contribution in [-0.4, -0.2) is 36.7 Å². The quantitative estimate of drug-likeness (QED) is 0.731. The van der Waals surface area contributed by atoms with E-state index in [4.69, 9.17) is 0 Å². The van der Waals surface area contributed by atoms with E-state index in [0.29, 0.717) is 19.5 Å². The molecule has 162 valence electrons. The highest BCUT2D eigenvalue weighted by molar-refractivity contribution is 5.75. The maximum absolute atomic E-state index is 13.7. The molecular weight excluding hydrogens is 391 g/mol. The van der Waals surface area contributed by atoms with Gasteiger partial charge in [-0.05, 0) is 62.2 Å². The molecule has 0 unspecified atom stereocenters. The molecule has 7 heteroatoms. The van der Waals surface area contributed by atoms with Crippen LogP contribution >= 0.6 is 0 Å². The highest BCUT2D eigenvalue weighted by atomic mass is 19.1. The molecular formula is C23H28F3N3O. The molecule has 1 fully saturated rings. The zero-order chi connectivity index (χ0) is 21.7. The first kappa shape index (κ1) is 22.2. The summed E-state index contributed by atoms with van der Waals surface area (Å²) in [5, 5.41) is 6.19. The summed E-state index contributed by atoms with van der Waals surface area (Å²) >= 11 is 0. The van der Waals surface area contributed by atoms with E-state index in [-0.39, 0.29) is 36.2 Å². The number of carbonyl (C=O) groups excluding carboxylic acids is 1. The van der Waals surface area contributed by atoms with Crippen molar-refractivity contribution < 1.29 is 18.0 Å². The van der Waals surface area contributed by atoms with Gasteiger partial charge in [-0.25, -0.2) is 13.6 Å². The Balaban J connectivity index is 1.84. The fourth-order valence-electron chi connectivity index (χ4n) is 3.88. The molecule has 0 radical (unpaired) electrons. The second-order valence-electron chi connectivity index (χ2n) is 8.29. The third-order valence-corrected chi connectivity index (χ3v) is 5.68. The summed E-state index contributed by atoms with van der Waals surface area (Å²) in [5.41, 5.74) is 0.762. The van der Waals surface area contributed by atoms with Crippen LogP contribution in [0.15, 0.2) is 48.5 Å². The van der Waals surface area contributed by atoms with Crippen molar-refractivity contribution >= 4 is 6.03 Å². The third-order valence-electron chi connectivity index (χ3n) is 5.68. The number of nitrogens with zero attached hydrogens (tertiary/aromatic N) is 1. The lowest BCUT2D eigenvalue weighted by Crippen LogP contribution is -2.57. The normalized spacial score (nSPS) is 19.4. The highest BCUT2D eigenvalue weighted by Crippen LogP contribution is 2.25. The van der Waals surface area contributed by atoms with E-state index in [1.807, 2.05) is 13.8 Å². The van der Waals surface area contributed by atoms with Crippen LogP contribution in [0, 0.1) is 17.6 Å². The monoisotopic (exact) mass is 419 g/mol. The Morgan fingerprint density at radius 1 is 1.10 bits per heavy atom. The molecule has 30 heavy (non-hydrogen) atoms. The first-order chi connectivity index (χ1) is 14.3. The Morgan fingerprint density at radius 3 is 2.30 bits per heavy atom. The maximum atomic E-state index is 13.7. The number of piperidine rings is 1. The van der Waals surface area contributed by atoms with Gasteiger partial charge in [-0.3, -0.25) is 4.39 Å². The zero-order valence-corrected chi connectivity index (χ0v) is 17.3. The minimum atomic E-state index is -0.760. The molecule has 2 amide bonds. The van der Waals surface area contributed by atoms with Gasteiger partial charge in [0, 0.05) is 25.0 Å². The fourth-order valence-corrected chi connectivity index (χ4v) is 3.88. The number of hydrogen-bond donors (Lipinski definition) is 2. The van der Waals surface area contributed by atoms with Crippen LogP contribution in [0.25, 0.3) is 0 Å². The molecule has 2 aromatic carbocycles. The van der Waals surface area contributed by atoms with E-state index in [2.05, 4.69) is 10.6 Å². The number of nitrogens with one attached hydrogen (secondary N) is 2. The van der Waals surface area contributed by atoms with Crippen molar-refractivity contribution in [1.82, 2.24) is 15.5 Å². The van der Waals surface area contributed by atoms with Crippen molar-refractivity contribution in [2.75, 3.05) is 19.8 Å². The lowest BCUT2D eigenvalue weighted by molar-refractivity contribution is 0.104. The Labute approximate surface area is 175 Å². The highest BCUT2D eigenvalue weighted by Gasteiger charge is 2.35. The van der Waals surface area contributed by atoms with E-state index >= 15 is 0 Å². The van der Waals surface area contributed by atoms with E-state index in [9.17, 15) is 18.0 Å². The zero-order valence-electron chi connectivity index (χ0n) is 17.3. The smallest absolute Gasteiger partial charge is 0.318 e. The van der Waals surface area contributed by atoms with Gasteiger partial charge in [-0.1, -0.05) is 24.3 Å². The van der Waals surface area contributed by atoms with Crippen molar-refractivity contribution in [3.63, 3.8) is 0 Å². The van der Waals surface area contributed by atoms with Gasteiger partial charge < -0.3 is 15.5 Å². The number of rotatable bonds is 6. The van der Waals surface area contributed by atoms with E-state index in [1.165, 1.54) is 24.3 Å². The lowest BCUT2D eigenvalue weighted by atomic mass is 9.92. The topological polar surface area (TPSA) is 44.4 Å². The molecule has 2 atom stereocenters. The molecule has 1 aliphatic heterocycles. The van der Waals surface area contributed by atoms with Crippen LogP contribution in [0.3, 0.4) is 0 Å². The number of benzene rings is 2. The predicted molar refractivity (Wildman–Crippen MR) is 111 cm³/mol. The average molecular weight is 419 g/mol. The van der Waals surface area contributed by atoms with Gasteiger partial charge in [0.05, 0.1) is 12.2 Å². The molecule has 3 rings (SSSR count). The Morgan fingerprint density at radius 2 is 1.70 bits per heavy atom.